The van der Waals surface area contributed by atoms with Gasteiger partial charge in [0.1, 0.15) is 6.33 Å². The van der Waals surface area contributed by atoms with Crippen LogP contribution in [0, 0.1) is 0 Å². The van der Waals surface area contributed by atoms with E-state index in [9.17, 15) is 23.1 Å². The number of alkyl halides is 3. The second kappa shape index (κ2) is 9.81. The molecule has 0 radical (unpaired) electrons. The lowest BCUT2D eigenvalue weighted by Gasteiger charge is -2.39. The van der Waals surface area contributed by atoms with Crippen LogP contribution in [-0.2, 0) is 31.9 Å². The summed E-state index contributed by atoms with van der Waals surface area (Å²) >= 11 is 0. The second-order valence-corrected chi connectivity index (χ2v) is 11.2. The molecule has 4 aromatic rings. The van der Waals surface area contributed by atoms with Crippen molar-refractivity contribution in [3.8, 4) is 0 Å². The van der Waals surface area contributed by atoms with Crippen LogP contribution < -0.4 is 10.2 Å². The maximum absolute atomic E-state index is 14.2. The van der Waals surface area contributed by atoms with Gasteiger partial charge in [-0.2, -0.15) is 13.2 Å². The van der Waals surface area contributed by atoms with Gasteiger partial charge in [-0.05, 0) is 72.7 Å². The van der Waals surface area contributed by atoms with Gasteiger partial charge in [0, 0.05) is 30.4 Å². The monoisotopic (exact) mass is 561 g/mol. The minimum atomic E-state index is -4.61. The van der Waals surface area contributed by atoms with Crippen molar-refractivity contribution in [1.29, 1.82) is 0 Å². The Bertz CT molecular complexity index is 1610. The van der Waals surface area contributed by atoms with E-state index < -0.39 is 23.2 Å². The van der Waals surface area contributed by atoms with Crippen LogP contribution in [0.3, 0.4) is 0 Å². The van der Waals surface area contributed by atoms with Crippen molar-refractivity contribution in [3.63, 3.8) is 0 Å². The number of amides is 1. The molecule has 10 heteroatoms. The average molecular weight is 562 g/mol. The molecule has 1 aliphatic heterocycles. The number of rotatable bonds is 7. The van der Waals surface area contributed by atoms with Gasteiger partial charge in [0.2, 0.25) is 0 Å². The zero-order valence-electron chi connectivity index (χ0n) is 22.7. The Morgan fingerprint density at radius 2 is 1.76 bits per heavy atom. The van der Waals surface area contributed by atoms with E-state index in [4.69, 9.17) is 0 Å². The highest BCUT2D eigenvalue weighted by Gasteiger charge is 2.42. The third-order valence-electron chi connectivity index (χ3n) is 8.39. The van der Waals surface area contributed by atoms with E-state index in [1.807, 2.05) is 6.07 Å². The first kappa shape index (κ1) is 27.2. The molecule has 41 heavy (non-hydrogen) atoms. The normalized spacial score (nSPS) is 17.7. The smallest absolute Gasteiger partial charge is 0.373 e. The fourth-order valence-corrected chi connectivity index (χ4v) is 5.84. The number of carbonyl (C=O) groups excluding carboxylic acids is 1. The molecule has 0 spiro atoms. The van der Waals surface area contributed by atoms with Crippen LogP contribution in [0.2, 0.25) is 0 Å². The molecule has 1 aromatic heterocycles. The summed E-state index contributed by atoms with van der Waals surface area (Å²) in [5.74, 6) is -0.255. The summed E-state index contributed by atoms with van der Waals surface area (Å²) in [7, 11) is 1.71. The van der Waals surface area contributed by atoms with Gasteiger partial charge in [0.05, 0.1) is 12.1 Å². The SMILES string of the molecule is Cn1cnnc1[C@](O)(c1ccccc1)c1cccc(N2Cc3c(cc(CNC4(C)CCC4)cc3C(F)(F)F)C2=O)c1. The van der Waals surface area contributed by atoms with Crippen molar-refractivity contribution in [2.24, 2.45) is 7.05 Å². The van der Waals surface area contributed by atoms with Crippen molar-refractivity contribution < 1.29 is 23.1 Å². The highest BCUT2D eigenvalue weighted by Crippen LogP contribution is 2.42. The number of halogens is 3. The first-order valence-corrected chi connectivity index (χ1v) is 13.5. The first-order chi connectivity index (χ1) is 19.5. The van der Waals surface area contributed by atoms with Gasteiger partial charge in [0.15, 0.2) is 11.4 Å². The molecule has 6 rings (SSSR count). The number of aryl methyl sites for hydroxylation is 1. The Hall–Kier alpha value is -4.02. The molecule has 3 aromatic carbocycles. The van der Waals surface area contributed by atoms with Crippen LogP contribution in [0.15, 0.2) is 73.1 Å². The molecule has 0 unspecified atom stereocenters. The number of nitrogens with one attached hydrogen (secondary N) is 1. The number of fused-ring (bicyclic) bond motifs is 1. The van der Waals surface area contributed by atoms with E-state index >= 15 is 0 Å². The van der Waals surface area contributed by atoms with Crippen LogP contribution in [0.1, 0.15) is 70.2 Å². The summed E-state index contributed by atoms with van der Waals surface area (Å²) in [6.45, 7) is 2.08. The summed E-state index contributed by atoms with van der Waals surface area (Å²) in [5.41, 5.74) is -0.888. The molecule has 1 amide bonds. The lowest BCUT2D eigenvalue weighted by Crippen LogP contribution is -2.47. The van der Waals surface area contributed by atoms with Gasteiger partial charge in [0.25, 0.3) is 5.91 Å². The molecule has 1 aliphatic carbocycles. The molecular formula is C31H30F3N5O2. The lowest BCUT2D eigenvalue weighted by molar-refractivity contribution is -0.138. The average Bonchev–Trinajstić information content (AvgIpc) is 3.53. The summed E-state index contributed by atoms with van der Waals surface area (Å²) in [6.07, 6.45) is -0.112. The molecule has 1 atom stereocenters. The summed E-state index contributed by atoms with van der Waals surface area (Å²) < 4.78 is 44.3. The Morgan fingerprint density at radius 1 is 1.02 bits per heavy atom. The van der Waals surface area contributed by atoms with E-state index in [-0.39, 0.29) is 35.6 Å². The van der Waals surface area contributed by atoms with Crippen LogP contribution >= 0.6 is 0 Å². The zero-order valence-corrected chi connectivity index (χ0v) is 22.7. The predicted octanol–water partition coefficient (Wildman–Crippen LogP) is 5.31. The first-order valence-electron chi connectivity index (χ1n) is 13.5. The Balaban J connectivity index is 1.39. The van der Waals surface area contributed by atoms with Gasteiger partial charge in [-0.25, -0.2) is 0 Å². The molecule has 7 nitrogen and oxygen atoms in total. The number of hydrogen-bond acceptors (Lipinski definition) is 5. The standard InChI is InChI=1S/C31H30F3N5O2/c1-29(12-7-13-29)35-17-20-14-24-25(26(15-20)31(32,33)34)18-39(27(24)40)23-11-6-10-22(16-23)30(41,21-8-4-3-5-9-21)28-37-36-19-38(28)2/h3-6,8-11,14-16,19,35,41H,7,12-13,17-18H2,1-2H3/t30-/m0/s1. The third kappa shape index (κ3) is 4.70. The van der Waals surface area contributed by atoms with Crippen molar-refractivity contribution in [1.82, 2.24) is 20.1 Å². The van der Waals surface area contributed by atoms with Crippen LogP contribution in [0.5, 0.6) is 0 Å². The number of benzene rings is 3. The lowest BCUT2D eigenvalue weighted by atomic mass is 9.78. The van der Waals surface area contributed by atoms with Crippen molar-refractivity contribution in [2.45, 2.75) is 56.6 Å². The molecule has 0 bridgehead atoms. The highest BCUT2D eigenvalue weighted by molar-refractivity contribution is 6.10. The number of hydrogen-bond donors (Lipinski definition) is 2. The molecule has 0 saturated heterocycles. The maximum atomic E-state index is 14.2. The van der Waals surface area contributed by atoms with Crippen LogP contribution in [-0.4, -0.2) is 31.3 Å². The van der Waals surface area contributed by atoms with Gasteiger partial charge >= 0.3 is 6.18 Å². The van der Waals surface area contributed by atoms with E-state index in [1.54, 1.807) is 66.2 Å². The van der Waals surface area contributed by atoms with E-state index in [1.165, 1.54) is 11.2 Å². The Kier molecular flexibility index (Phi) is 6.50. The fourth-order valence-electron chi connectivity index (χ4n) is 5.84. The van der Waals surface area contributed by atoms with Gasteiger partial charge in [-0.1, -0.05) is 42.5 Å². The molecule has 2 aliphatic rings. The van der Waals surface area contributed by atoms with Gasteiger partial charge in [-0.15, -0.1) is 10.2 Å². The fraction of sp³-hybridized carbons (Fsp3) is 0.323. The maximum Gasteiger partial charge on any atom is 0.416 e. The number of anilines is 1. The highest BCUT2D eigenvalue weighted by atomic mass is 19.4. The van der Waals surface area contributed by atoms with Gasteiger partial charge < -0.3 is 19.9 Å². The molecule has 2 heterocycles. The summed E-state index contributed by atoms with van der Waals surface area (Å²) in [4.78, 5) is 15.0. The van der Waals surface area contributed by atoms with Crippen molar-refractivity contribution in [3.05, 3.63) is 112 Å². The molecule has 212 valence electrons. The molecule has 1 saturated carbocycles. The number of aliphatic hydroxyl groups is 1. The Morgan fingerprint density at radius 3 is 2.39 bits per heavy atom. The minimum Gasteiger partial charge on any atom is -0.373 e. The zero-order chi connectivity index (χ0) is 29.0. The molecule has 1 fully saturated rings. The minimum absolute atomic E-state index is 0.0434. The summed E-state index contributed by atoms with van der Waals surface area (Å²) in [6, 6.07) is 18.3. The van der Waals surface area contributed by atoms with E-state index in [0.29, 0.717) is 22.4 Å². The largest absolute Gasteiger partial charge is 0.416 e. The van der Waals surface area contributed by atoms with Crippen LogP contribution in [0.25, 0.3) is 0 Å². The topological polar surface area (TPSA) is 83.3 Å². The van der Waals surface area contributed by atoms with Crippen LogP contribution in [0.4, 0.5) is 18.9 Å². The van der Waals surface area contributed by atoms with Crippen molar-refractivity contribution >= 4 is 11.6 Å². The van der Waals surface area contributed by atoms with E-state index in [0.717, 1.165) is 25.3 Å². The summed E-state index contributed by atoms with van der Waals surface area (Å²) in [5, 5.41) is 23.6. The van der Waals surface area contributed by atoms with Crippen molar-refractivity contribution in [2.75, 3.05) is 4.90 Å². The predicted molar refractivity (Wildman–Crippen MR) is 147 cm³/mol. The van der Waals surface area contributed by atoms with E-state index in [2.05, 4.69) is 22.4 Å². The quantitative estimate of drug-likeness (QED) is 0.320. The number of nitrogens with zero attached hydrogens (tertiary/aromatic N) is 4. The number of carbonyl (C=O) groups is 1. The third-order valence-corrected chi connectivity index (χ3v) is 8.39. The second-order valence-electron chi connectivity index (χ2n) is 11.2. The molecule has 2 N–H and O–H groups in total. The number of aromatic nitrogens is 3. The Labute approximate surface area is 235 Å². The molecular weight excluding hydrogens is 531 g/mol. The van der Waals surface area contributed by atoms with Gasteiger partial charge in [-0.3, -0.25) is 4.79 Å².